The highest BCUT2D eigenvalue weighted by atomic mass is 32.1. The van der Waals surface area contributed by atoms with E-state index in [1.165, 1.54) is 11.4 Å². The molecule has 0 fully saturated rings. The average molecular weight is 298 g/mol. The molecule has 0 unspecified atom stereocenters. The van der Waals surface area contributed by atoms with E-state index in [2.05, 4.69) is 10.6 Å². The molecule has 8 heteroatoms. The van der Waals surface area contributed by atoms with Crippen LogP contribution in [0.15, 0.2) is 29.6 Å². The van der Waals surface area contributed by atoms with Crippen molar-refractivity contribution in [2.45, 2.75) is 0 Å². The van der Waals surface area contributed by atoms with Gasteiger partial charge < -0.3 is 10.4 Å². The maximum Gasteiger partial charge on any atom is 0.338 e. The van der Waals surface area contributed by atoms with E-state index >= 15 is 0 Å². The second-order valence-electron chi connectivity index (χ2n) is 3.67. The summed E-state index contributed by atoms with van der Waals surface area (Å²) >= 11 is 1.00. The van der Waals surface area contributed by atoms with Gasteiger partial charge in [-0.15, -0.1) is 11.3 Å². The molecule has 1 aromatic heterocycles. The highest BCUT2D eigenvalue weighted by Gasteiger charge is 2.15. The predicted molar refractivity (Wildman–Crippen MR) is 70.3 cm³/mol. The fourth-order valence-corrected chi connectivity index (χ4v) is 2.20. The third-order valence-electron chi connectivity index (χ3n) is 2.30. The number of amides is 2. The third-order valence-corrected chi connectivity index (χ3v) is 3.13. The number of benzene rings is 1. The highest BCUT2D eigenvalue weighted by Crippen LogP contribution is 2.23. The van der Waals surface area contributed by atoms with Crippen molar-refractivity contribution in [1.82, 2.24) is 0 Å². The highest BCUT2D eigenvalue weighted by molar-refractivity contribution is 7.14. The van der Waals surface area contributed by atoms with Crippen molar-refractivity contribution in [3.05, 3.63) is 46.8 Å². The standard InChI is InChI=1S/C12H8F2N2O3S/c13-6-1-2-8(14)9(5-6)15-12(19)16-10-7(11(17)18)3-4-20-10/h1-5H,(H,17,18)(H2,15,16,19). The summed E-state index contributed by atoms with van der Waals surface area (Å²) in [5.74, 6) is -2.70. The summed E-state index contributed by atoms with van der Waals surface area (Å²) in [5.41, 5.74) is -0.416. The zero-order valence-electron chi connectivity index (χ0n) is 9.81. The maximum absolute atomic E-state index is 13.3. The van der Waals surface area contributed by atoms with E-state index in [1.807, 2.05) is 0 Å². The fourth-order valence-electron chi connectivity index (χ4n) is 1.42. The minimum Gasteiger partial charge on any atom is -0.478 e. The summed E-state index contributed by atoms with van der Waals surface area (Å²) in [6, 6.07) is 3.07. The number of nitrogens with one attached hydrogen (secondary N) is 2. The van der Waals surface area contributed by atoms with Crippen LogP contribution in [0.4, 0.5) is 24.3 Å². The van der Waals surface area contributed by atoms with Crippen molar-refractivity contribution in [2.75, 3.05) is 10.6 Å². The van der Waals surface area contributed by atoms with Crippen LogP contribution < -0.4 is 10.6 Å². The zero-order valence-corrected chi connectivity index (χ0v) is 10.6. The van der Waals surface area contributed by atoms with E-state index in [0.717, 1.165) is 29.5 Å². The van der Waals surface area contributed by atoms with Crippen LogP contribution in [0.5, 0.6) is 0 Å². The molecule has 1 heterocycles. The number of carbonyl (C=O) groups excluding carboxylic acids is 1. The number of thiophene rings is 1. The van der Waals surface area contributed by atoms with E-state index < -0.39 is 23.6 Å². The van der Waals surface area contributed by atoms with E-state index in [0.29, 0.717) is 0 Å². The first-order chi connectivity index (χ1) is 9.47. The Bertz CT molecular complexity index is 672. The van der Waals surface area contributed by atoms with Gasteiger partial charge in [-0.05, 0) is 23.6 Å². The number of carboxylic acid groups (broad SMARTS) is 1. The van der Waals surface area contributed by atoms with Crippen molar-refractivity contribution >= 4 is 34.0 Å². The van der Waals surface area contributed by atoms with Crippen molar-refractivity contribution in [3.63, 3.8) is 0 Å². The average Bonchev–Trinajstić information content (AvgIpc) is 2.82. The van der Waals surface area contributed by atoms with Crippen LogP contribution in [0.1, 0.15) is 10.4 Å². The summed E-state index contributed by atoms with van der Waals surface area (Å²) in [6.07, 6.45) is 0. The van der Waals surface area contributed by atoms with Gasteiger partial charge in [0.05, 0.1) is 11.3 Å². The van der Waals surface area contributed by atoms with Gasteiger partial charge in [-0.3, -0.25) is 5.32 Å². The molecular formula is C12H8F2N2O3S. The van der Waals surface area contributed by atoms with E-state index in [9.17, 15) is 18.4 Å². The molecular weight excluding hydrogens is 290 g/mol. The smallest absolute Gasteiger partial charge is 0.338 e. The Morgan fingerprint density at radius 1 is 1.15 bits per heavy atom. The largest absolute Gasteiger partial charge is 0.478 e. The minimum absolute atomic E-state index is 0.0788. The Labute approximate surface area is 115 Å². The molecule has 0 saturated carbocycles. The van der Waals surface area contributed by atoms with E-state index in [1.54, 1.807) is 0 Å². The monoisotopic (exact) mass is 298 g/mol. The second-order valence-corrected chi connectivity index (χ2v) is 4.59. The maximum atomic E-state index is 13.3. The predicted octanol–water partition coefficient (Wildman–Crippen LogP) is 3.37. The first-order valence-electron chi connectivity index (χ1n) is 5.31. The number of hydrogen-bond acceptors (Lipinski definition) is 3. The first-order valence-corrected chi connectivity index (χ1v) is 6.19. The summed E-state index contributed by atoms with van der Waals surface area (Å²) < 4.78 is 26.2. The van der Waals surface area contributed by atoms with Crippen LogP contribution in [-0.2, 0) is 0 Å². The van der Waals surface area contributed by atoms with Crippen molar-refractivity contribution in [2.24, 2.45) is 0 Å². The van der Waals surface area contributed by atoms with Gasteiger partial charge in [-0.1, -0.05) is 0 Å². The Hall–Kier alpha value is -2.48. The Balaban J connectivity index is 2.11. The van der Waals surface area contributed by atoms with Crippen LogP contribution >= 0.6 is 11.3 Å². The molecule has 3 N–H and O–H groups in total. The van der Waals surface area contributed by atoms with Crippen LogP contribution in [0.3, 0.4) is 0 Å². The third kappa shape index (κ3) is 3.09. The zero-order chi connectivity index (χ0) is 14.7. The molecule has 2 amide bonds. The van der Waals surface area contributed by atoms with Gasteiger partial charge in [0.15, 0.2) is 0 Å². The molecule has 0 bridgehead atoms. The molecule has 2 rings (SSSR count). The fraction of sp³-hybridized carbons (Fsp3) is 0. The second kappa shape index (κ2) is 5.66. The summed E-state index contributed by atoms with van der Waals surface area (Å²) in [6.45, 7) is 0. The lowest BCUT2D eigenvalue weighted by Crippen LogP contribution is -2.20. The SMILES string of the molecule is O=C(Nc1cc(F)ccc1F)Nc1sccc1C(=O)O. The molecule has 0 saturated heterocycles. The molecule has 0 atom stereocenters. The van der Waals surface area contributed by atoms with Gasteiger partial charge in [0, 0.05) is 6.07 Å². The Morgan fingerprint density at radius 3 is 2.60 bits per heavy atom. The van der Waals surface area contributed by atoms with Crippen molar-refractivity contribution in [3.8, 4) is 0 Å². The van der Waals surface area contributed by atoms with Crippen LogP contribution in [0, 0.1) is 11.6 Å². The van der Waals surface area contributed by atoms with Gasteiger partial charge >= 0.3 is 12.0 Å². The van der Waals surface area contributed by atoms with Gasteiger partial charge in [0.25, 0.3) is 0 Å². The van der Waals surface area contributed by atoms with Crippen molar-refractivity contribution < 1.29 is 23.5 Å². The molecule has 0 aliphatic carbocycles. The normalized spacial score (nSPS) is 10.1. The number of rotatable bonds is 3. The number of halogens is 2. The van der Waals surface area contributed by atoms with Crippen LogP contribution in [0.2, 0.25) is 0 Å². The molecule has 0 aliphatic heterocycles. The number of aromatic carboxylic acids is 1. The van der Waals surface area contributed by atoms with Crippen LogP contribution in [0.25, 0.3) is 0 Å². The number of carboxylic acids is 1. The number of hydrogen-bond donors (Lipinski definition) is 3. The van der Waals surface area contributed by atoms with Gasteiger partial charge in [0.1, 0.15) is 16.6 Å². The molecule has 20 heavy (non-hydrogen) atoms. The number of urea groups is 1. The number of carbonyl (C=O) groups is 2. The number of anilines is 2. The van der Waals surface area contributed by atoms with E-state index in [-0.39, 0.29) is 16.3 Å². The lowest BCUT2D eigenvalue weighted by Gasteiger charge is -2.07. The Kier molecular flexibility index (Phi) is 3.94. The molecule has 1 aromatic carbocycles. The lowest BCUT2D eigenvalue weighted by atomic mass is 10.3. The van der Waals surface area contributed by atoms with Crippen LogP contribution in [-0.4, -0.2) is 17.1 Å². The summed E-state index contributed by atoms with van der Waals surface area (Å²) in [7, 11) is 0. The van der Waals surface area contributed by atoms with Gasteiger partial charge in [-0.2, -0.15) is 0 Å². The molecule has 104 valence electrons. The minimum atomic E-state index is -1.20. The van der Waals surface area contributed by atoms with E-state index in [4.69, 9.17) is 5.11 Å². The molecule has 2 aromatic rings. The molecule has 0 radical (unpaired) electrons. The first kappa shape index (κ1) is 13.9. The quantitative estimate of drug-likeness (QED) is 0.813. The summed E-state index contributed by atoms with van der Waals surface area (Å²) in [5, 5.41) is 14.8. The topological polar surface area (TPSA) is 78.4 Å². The van der Waals surface area contributed by atoms with Gasteiger partial charge in [0.2, 0.25) is 0 Å². The molecule has 0 spiro atoms. The van der Waals surface area contributed by atoms with Gasteiger partial charge in [-0.25, -0.2) is 18.4 Å². The molecule has 0 aliphatic rings. The molecule has 5 nitrogen and oxygen atoms in total. The Morgan fingerprint density at radius 2 is 1.90 bits per heavy atom. The van der Waals surface area contributed by atoms with Crippen molar-refractivity contribution in [1.29, 1.82) is 0 Å². The summed E-state index contributed by atoms with van der Waals surface area (Å²) in [4.78, 5) is 22.5. The lowest BCUT2D eigenvalue weighted by molar-refractivity contribution is 0.0698.